The van der Waals surface area contributed by atoms with E-state index in [1.165, 1.54) is 31.4 Å². The van der Waals surface area contributed by atoms with Gasteiger partial charge in [0.25, 0.3) is 0 Å². The summed E-state index contributed by atoms with van der Waals surface area (Å²) in [5.41, 5.74) is 1.08. The molecule has 0 atom stereocenters. The fourth-order valence-electron chi connectivity index (χ4n) is 5.78. The van der Waals surface area contributed by atoms with Crippen LogP contribution in [0.25, 0.3) is 12.2 Å². The van der Waals surface area contributed by atoms with Gasteiger partial charge in [-0.3, -0.25) is 4.79 Å². The molecule has 0 unspecified atom stereocenters. The van der Waals surface area contributed by atoms with Gasteiger partial charge in [0.05, 0.1) is 52.7 Å². The quantitative estimate of drug-likeness (QED) is 0.0502. The number of hydrogen-bond donors (Lipinski definition) is 0. The van der Waals surface area contributed by atoms with Gasteiger partial charge in [-0.05, 0) is 119 Å². The Morgan fingerprint density at radius 3 is 1.64 bits per heavy atom. The lowest BCUT2D eigenvalue weighted by Crippen LogP contribution is -2.23. The molecule has 0 aromatic heterocycles. The van der Waals surface area contributed by atoms with E-state index >= 15 is 0 Å². The molecule has 3 rings (SSSR count). The lowest BCUT2D eigenvalue weighted by atomic mass is 9.81. The van der Waals surface area contributed by atoms with Gasteiger partial charge in [-0.2, -0.15) is 0 Å². The topological polar surface area (TPSA) is 116 Å². The van der Waals surface area contributed by atoms with Gasteiger partial charge in [0, 0.05) is 18.6 Å². The first-order valence-electron chi connectivity index (χ1n) is 19.0. The minimum Gasteiger partial charge on any atom is -0.493 e. The summed E-state index contributed by atoms with van der Waals surface area (Å²) < 4.78 is 38.9. The number of methoxy groups -OCH3 is 2. The number of ether oxygens (including phenoxy) is 7. The van der Waals surface area contributed by atoms with E-state index in [1.807, 2.05) is 39.0 Å². The maximum atomic E-state index is 12.3. The largest absolute Gasteiger partial charge is 0.493 e. The number of esters is 3. The van der Waals surface area contributed by atoms with Crippen molar-refractivity contribution in [2.24, 2.45) is 17.3 Å². The van der Waals surface area contributed by atoms with Crippen LogP contribution in [0.15, 0.2) is 48.6 Å². The Balaban J connectivity index is 1.31. The van der Waals surface area contributed by atoms with Gasteiger partial charge in [-0.15, -0.1) is 0 Å². The molecule has 2 aromatic carbocycles. The van der Waals surface area contributed by atoms with Crippen molar-refractivity contribution in [3.8, 4) is 23.0 Å². The fourth-order valence-corrected chi connectivity index (χ4v) is 5.78. The number of hydrogen-bond acceptors (Lipinski definition) is 10. The second kappa shape index (κ2) is 23.2. The Morgan fingerprint density at radius 1 is 0.623 bits per heavy atom. The molecular weight excluding hydrogens is 676 g/mol. The molecule has 0 heterocycles. The second-order valence-corrected chi connectivity index (χ2v) is 14.4. The van der Waals surface area contributed by atoms with E-state index in [0.29, 0.717) is 61.8 Å². The Morgan fingerprint density at radius 2 is 1.11 bits per heavy atom. The van der Waals surface area contributed by atoms with Crippen molar-refractivity contribution in [2.75, 3.05) is 47.3 Å². The van der Waals surface area contributed by atoms with Crippen LogP contribution in [0.5, 0.6) is 23.0 Å². The molecule has 1 fully saturated rings. The second-order valence-electron chi connectivity index (χ2n) is 14.4. The van der Waals surface area contributed by atoms with Crippen LogP contribution in [0.3, 0.4) is 0 Å². The number of unbranched alkanes of at least 4 members (excludes halogenated alkanes) is 3. The summed E-state index contributed by atoms with van der Waals surface area (Å²) in [6.45, 7) is 9.74. The molecular formula is C43H60O10. The van der Waals surface area contributed by atoms with Crippen LogP contribution in [0.2, 0.25) is 0 Å². The molecule has 10 nitrogen and oxygen atoms in total. The third-order valence-corrected chi connectivity index (χ3v) is 9.14. The monoisotopic (exact) mass is 736 g/mol. The van der Waals surface area contributed by atoms with E-state index in [9.17, 15) is 14.4 Å². The standard InChI is InChI=1S/C43H60O10/c1-7-32-13-15-35(16-14-32)31-53-41(45)24-20-34-18-22-37(39(30-34)48-6)50-27-12-28-51-40(44)23-19-33-17-21-36(38(29-33)47-5)49-25-10-8-9-11-26-52-42(46)43(2,3)4/h17-24,29-30,32,35H,7-16,25-28,31H2,1-6H3/b23-19+,24-20+. The zero-order valence-electron chi connectivity index (χ0n) is 32.6. The zero-order chi connectivity index (χ0) is 38.5. The highest BCUT2D eigenvalue weighted by atomic mass is 16.5. The zero-order valence-corrected chi connectivity index (χ0v) is 32.6. The Labute approximate surface area is 316 Å². The Hall–Kier alpha value is -4.47. The highest BCUT2D eigenvalue weighted by Crippen LogP contribution is 2.32. The van der Waals surface area contributed by atoms with Crippen molar-refractivity contribution >= 4 is 30.1 Å². The van der Waals surface area contributed by atoms with E-state index in [1.54, 1.807) is 44.6 Å². The molecule has 0 spiro atoms. The fraction of sp³-hybridized carbons (Fsp3) is 0.558. The highest BCUT2D eigenvalue weighted by Gasteiger charge is 2.23. The van der Waals surface area contributed by atoms with Crippen LogP contribution < -0.4 is 18.9 Å². The van der Waals surface area contributed by atoms with E-state index < -0.39 is 11.4 Å². The smallest absolute Gasteiger partial charge is 0.330 e. The van der Waals surface area contributed by atoms with Crippen LogP contribution >= 0.6 is 0 Å². The van der Waals surface area contributed by atoms with Crippen molar-refractivity contribution in [2.45, 2.75) is 91.9 Å². The van der Waals surface area contributed by atoms with Crippen LogP contribution in [-0.2, 0) is 28.6 Å². The summed E-state index contributed by atoms with van der Waals surface area (Å²) in [7, 11) is 3.13. The van der Waals surface area contributed by atoms with Crippen LogP contribution in [0, 0.1) is 17.3 Å². The van der Waals surface area contributed by atoms with Crippen molar-refractivity contribution < 1.29 is 47.5 Å². The molecule has 0 amide bonds. The molecule has 10 heteroatoms. The number of benzene rings is 2. The SMILES string of the molecule is CCC1CCC(COC(=O)/C=C/c2ccc(OCCCOC(=O)/C=C/c3ccc(OCCCCCCOC(=O)C(C)(C)C)c(OC)c3)c(OC)c2)CC1. The molecule has 2 aromatic rings. The third kappa shape index (κ3) is 16.4. The van der Waals surface area contributed by atoms with Crippen LogP contribution in [-0.4, -0.2) is 65.2 Å². The van der Waals surface area contributed by atoms with Crippen molar-refractivity contribution in [3.63, 3.8) is 0 Å². The summed E-state index contributed by atoms with van der Waals surface area (Å²) in [5, 5.41) is 0. The minimum absolute atomic E-state index is 0.175. The molecule has 1 saturated carbocycles. The van der Waals surface area contributed by atoms with Crippen molar-refractivity contribution in [1.29, 1.82) is 0 Å². The molecule has 1 aliphatic carbocycles. The van der Waals surface area contributed by atoms with Gasteiger partial charge in [0.2, 0.25) is 0 Å². The van der Waals surface area contributed by atoms with Gasteiger partial charge < -0.3 is 33.2 Å². The lowest BCUT2D eigenvalue weighted by molar-refractivity contribution is -0.153. The van der Waals surface area contributed by atoms with E-state index in [0.717, 1.165) is 55.6 Å². The maximum absolute atomic E-state index is 12.3. The molecule has 0 N–H and O–H groups in total. The molecule has 0 radical (unpaired) electrons. The van der Waals surface area contributed by atoms with Gasteiger partial charge in [-0.25, -0.2) is 9.59 Å². The van der Waals surface area contributed by atoms with Crippen LogP contribution in [0.1, 0.15) is 103 Å². The van der Waals surface area contributed by atoms with E-state index in [-0.39, 0.29) is 18.5 Å². The molecule has 0 bridgehead atoms. The first-order valence-corrected chi connectivity index (χ1v) is 19.0. The molecule has 0 aliphatic heterocycles. The number of carbonyl (C=O) groups excluding carboxylic acids is 3. The molecule has 0 saturated heterocycles. The van der Waals surface area contributed by atoms with Gasteiger partial charge in [0.15, 0.2) is 23.0 Å². The van der Waals surface area contributed by atoms with Crippen molar-refractivity contribution in [3.05, 3.63) is 59.7 Å². The summed E-state index contributed by atoms with van der Waals surface area (Å²) in [6.07, 6.45) is 16.2. The molecule has 1 aliphatic rings. The predicted octanol–water partition coefficient (Wildman–Crippen LogP) is 9.03. The van der Waals surface area contributed by atoms with E-state index in [4.69, 9.17) is 33.2 Å². The van der Waals surface area contributed by atoms with Gasteiger partial charge in [0.1, 0.15) is 0 Å². The summed E-state index contributed by atoms with van der Waals surface area (Å²) in [5.74, 6) is 2.58. The van der Waals surface area contributed by atoms with E-state index in [2.05, 4.69) is 6.92 Å². The average Bonchev–Trinajstić information content (AvgIpc) is 3.16. The molecule has 292 valence electrons. The van der Waals surface area contributed by atoms with Gasteiger partial charge in [-0.1, -0.05) is 38.3 Å². The number of carbonyl (C=O) groups is 3. The van der Waals surface area contributed by atoms with Gasteiger partial charge >= 0.3 is 17.9 Å². The first-order chi connectivity index (χ1) is 25.5. The normalized spacial score (nSPS) is 16.0. The maximum Gasteiger partial charge on any atom is 0.330 e. The minimum atomic E-state index is -0.475. The Kier molecular flexibility index (Phi) is 18.8. The lowest BCUT2D eigenvalue weighted by Gasteiger charge is -2.27. The Bertz CT molecular complexity index is 1480. The highest BCUT2D eigenvalue weighted by molar-refractivity contribution is 5.87. The third-order valence-electron chi connectivity index (χ3n) is 9.14. The molecule has 53 heavy (non-hydrogen) atoms. The van der Waals surface area contributed by atoms with Crippen LogP contribution in [0.4, 0.5) is 0 Å². The average molecular weight is 737 g/mol. The summed E-state index contributed by atoms with van der Waals surface area (Å²) >= 11 is 0. The predicted molar refractivity (Wildman–Crippen MR) is 206 cm³/mol. The van der Waals surface area contributed by atoms with Crippen molar-refractivity contribution in [1.82, 2.24) is 0 Å². The summed E-state index contributed by atoms with van der Waals surface area (Å²) in [4.78, 5) is 36.4. The summed E-state index contributed by atoms with van der Waals surface area (Å²) in [6, 6.07) is 10.9. The number of rotatable bonds is 22. The first kappa shape index (κ1) is 42.9.